The molecule has 0 amide bonds. The molecule has 15 heavy (non-hydrogen) atoms. The number of nitrogens with one attached hydrogen (secondary N) is 1. The van der Waals surface area contributed by atoms with E-state index in [0.717, 1.165) is 12.0 Å². The molecule has 1 fully saturated rings. The zero-order chi connectivity index (χ0) is 11.5. The monoisotopic (exact) mass is 212 g/mol. The topological polar surface area (TPSA) is 15.3 Å². The third kappa shape index (κ3) is 4.12. The van der Waals surface area contributed by atoms with Crippen molar-refractivity contribution in [1.82, 2.24) is 10.2 Å². The van der Waals surface area contributed by atoms with Crippen LogP contribution in [0.25, 0.3) is 0 Å². The van der Waals surface area contributed by atoms with Crippen molar-refractivity contribution >= 4 is 0 Å². The summed E-state index contributed by atoms with van der Waals surface area (Å²) >= 11 is 0. The summed E-state index contributed by atoms with van der Waals surface area (Å²) in [5.74, 6) is 0.916. The first kappa shape index (κ1) is 13.0. The third-order valence-corrected chi connectivity index (χ3v) is 3.93. The molecule has 0 spiro atoms. The van der Waals surface area contributed by atoms with Crippen molar-refractivity contribution in [2.24, 2.45) is 5.92 Å². The SMILES string of the molecule is CNC1CCC(CN(C)C(C)(C)C)CC1. The lowest BCUT2D eigenvalue weighted by atomic mass is 9.85. The van der Waals surface area contributed by atoms with E-state index in [0.29, 0.717) is 5.54 Å². The lowest BCUT2D eigenvalue weighted by molar-refractivity contribution is 0.129. The Morgan fingerprint density at radius 1 is 1.13 bits per heavy atom. The Hall–Kier alpha value is -0.0800. The highest BCUT2D eigenvalue weighted by Crippen LogP contribution is 2.26. The minimum absolute atomic E-state index is 0.319. The molecule has 1 rings (SSSR count). The van der Waals surface area contributed by atoms with Gasteiger partial charge in [0.05, 0.1) is 0 Å². The molecule has 0 heterocycles. The van der Waals surface area contributed by atoms with Gasteiger partial charge in [-0.05, 0) is 66.5 Å². The van der Waals surface area contributed by atoms with E-state index in [1.165, 1.54) is 32.2 Å². The molecular weight excluding hydrogens is 184 g/mol. The van der Waals surface area contributed by atoms with Crippen molar-refractivity contribution in [3.05, 3.63) is 0 Å². The van der Waals surface area contributed by atoms with Crippen LogP contribution in [0.5, 0.6) is 0 Å². The smallest absolute Gasteiger partial charge is 0.0122 e. The van der Waals surface area contributed by atoms with Crippen molar-refractivity contribution in [2.45, 2.75) is 58.0 Å². The second-order valence-electron chi connectivity index (χ2n) is 6.06. The van der Waals surface area contributed by atoms with Crippen molar-refractivity contribution in [2.75, 3.05) is 20.6 Å². The van der Waals surface area contributed by atoms with Gasteiger partial charge < -0.3 is 10.2 Å². The van der Waals surface area contributed by atoms with Crippen molar-refractivity contribution in [3.8, 4) is 0 Å². The Balaban J connectivity index is 2.29. The van der Waals surface area contributed by atoms with Gasteiger partial charge in [-0.3, -0.25) is 0 Å². The van der Waals surface area contributed by atoms with E-state index >= 15 is 0 Å². The fourth-order valence-electron chi connectivity index (χ4n) is 2.29. The second kappa shape index (κ2) is 5.31. The van der Waals surface area contributed by atoms with E-state index in [1.54, 1.807) is 0 Å². The molecule has 2 nitrogen and oxygen atoms in total. The summed E-state index contributed by atoms with van der Waals surface area (Å²) in [5.41, 5.74) is 0.319. The number of nitrogens with zero attached hydrogens (tertiary/aromatic N) is 1. The highest BCUT2D eigenvalue weighted by molar-refractivity contribution is 4.81. The van der Waals surface area contributed by atoms with Crippen LogP contribution in [0, 0.1) is 5.92 Å². The van der Waals surface area contributed by atoms with Gasteiger partial charge in [-0.25, -0.2) is 0 Å². The molecule has 0 aromatic carbocycles. The molecule has 1 saturated carbocycles. The Morgan fingerprint density at radius 3 is 2.07 bits per heavy atom. The van der Waals surface area contributed by atoms with Crippen LogP contribution in [-0.4, -0.2) is 37.1 Å². The van der Waals surface area contributed by atoms with Gasteiger partial charge in [0.1, 0.15) is 0 Å². The predicted octanol–water partition coefficient (Wildman–Crippen LogP) is 2.49. The normalized spacial score (nSPS) is 28.4. The van der Waals surface area contributed by atoms with E-state index < -0.39 is 0 Å². The maximum absolute atomic E-state index is 3.39. The minimum Gasteiger partial charge on any atom is -0.317 e. The largest absolute Gasteiger partial charge is 0.317 e. The third-order valence-electron chi connectivity index (χ3n) is 3.93. The first-order chi connectivity index (χ1) is 6.93. The molecule has 0 unspecified atom stereocenters. The van der Waals surface area contributed by atoms with Crippen LogP contribution in [0.1, 0.15) is 46.5 Å². The zero-order valence-corrected chi connectivity index (χ0v) is 11.1. The molecular formula is C13H28N2. The maximum Gasteiger partial charge on any atom is 0.0122 e. The molecule has 0 radical (unpaired) electrons. The molecule has 0 atom stereocenters. The quantitative estimate of drug-likeness (QED) is 0.773. The molecule has 0 aromatic rings. The van der Waals surface area contributed by atoms with E-state index in [-0.39, 0.29) is 0 Å². The van der Waals surface area contributed by atoms with Crippen molar-refractivity contribution in [1.29, 1.82) is 0 Å². The van der Waals surface area contributed by atoms with Crippen LogP contribution in [0.15, 0.2) is 0 Å². The second-order valence-corrected chi connectivity index (χ2v) is 6.06. The summed E-state index contributed by atoms with van der Waals surface area (Å²) in [4.78, 5) is 2.50. The van der Waals surface area contributed by atoms with Crippen LogP contribution in [0.2, 0.25) is 0 Å². The van der Waals surface area contributed by atoms with E-state index in [4.69, 9.17) is 0 Å². The fourth-order valence-corrected chi connectivity index (χ4v) is 2.29. The summed E-state index contributed by atoms with van der Waals surface area (Å²) in [6, 6.07) is 0.779. The molecule has 0 aliphatic heterocycles. The number of hydrogen-bond donors (Lipinski definition) is 1. The molecule has 0 bridgehead atoms. The van der Waals surface area contributed by atoms with E-state index in [9.17, 15) is 0 Å². The molecule has 1 N–H and O–H groups in total. The van der Waals surface area contributed by atoms with Gasteiger partial charge in [-0.15, -0.1) is 0 Å². The average molecular weight is 212 g/mol. The van der Waals surface area contributed by atoms with Crippen molar-refractivity contribution < 1.29 is 0 Å². The lowest BCUT2D eigenvalue weighted by Crippen LogP contribution is -2.42. The molecule has 90 valence electrons. The lowest BCUT2D eigenvalue weighted by Gasteiger charge is -2.37. The van der Waals surface area contributed by atoms with Crippen LogP contribution in [0.3, 0.4) is 0 Å². The fraction of sp³-hybridized carbons (Fsp3) is 1.00. The number of rotatable bonds is 3. The number of hydrogen-bond acceptors (Lipinski definition) is 2. The molecule has 0 aromatic heterocycles. The minimum atomic E-state index is 0.319. The Labute approximate surface area is 95.4 Å². The summed E-state index contributed by atoms with van der Waals surface area (Å²) in [6.45, 7) is 8.16. The van der Waals surface area contributed by atoms with Gasteiger partial charge in [-0.2, -0.15) is 0 Å². The highest BCUT2D eigenvalue weighted by Gasteiger charge is 2.24. The van der Waals surface area contributed by atoms with Crippen LogP contribution < -0.4 is 5.32 Å². The maximum atomic E-state index is 3.39. The van der Waals surface area contributed by atoms with Crippen molar-refractivity contribution in [3.63, 3.8) is 0 Å². The predicted molar refractivity (Wildman–Crippen MR) is 67.2 cm³/mol. The van der Waals surface area contributed by atoms with Gasteiger partial charge in [0, 0.05) is 18.1 Å². The molecule has 2 heteroatoms. The van der Waals surface area contributed by atoms with Gasteiger partial charge in [-0.1, -0.05) is 0 Å². The Kier molecular flexibility index (Phi) is 4.60. The van der Waals surface area contributed by atoms with Gasteiger partial charge in [0.2, 0.25) is 0 Å². The first-order valence-electron chi connectivity index (χ1n) is 6.32. The molecule has 1 aliphatic rings. The highest BCUT2D eigenvalue weighted by atomic mass is 15.2. The summed E-state index contributed by atoms with van der Waals surface area (Å²) < 4.78 is 0. The zero-order valence-electron chi connectivity index (χ0n) is 11.1. The average Bonchev–Trinajstić information content (AvgIpc) is 2.17. The van der Waals surface area contributed by atoms with Crippen LogP contribution >= 0.6 is 0 Å². The van der Waals surface area contributed by atoms with Gasteiger partial charge in [0.15, 0.2) is 0 Å². The first-order valence-corrected chi connectivity index (χ1v) is 6.32. The van der Waals surface area contributed by atoms with Gasteiger partial charge >= 0.3 is 0 Å². The molecule has 1 aliphatic carbocycles. The summed E-state index contributed by atoms with van der Waals surface area (Å²) in [5, 5.41) is 3.39. The summed E-state index contributed by atoms with van der Waals surface area (Å²) in [6.07, 6.45) is 5.51. The van der Waals surface area contributed by atoms with Crippen LogP contribution in [-0.2, 0) is 0 Å². The Morgan fingerprint density at radius 2 is 1.67 bits per heavy atom. The van der Waals surface area contributed by atoms with E-state index in [2.05, 4.69) is 45.1 Å². The standard InChI is InChI=1S/C13H28N2/c1-13(2,3)15(5)10-11-6-8-12(14-4)9-7-11/h11-12,14H,6-10H2,1-5H3. The Bertz CT molecular complexity index is 175. The van der Waals surface area contributed by atoms with E-state index in [1.807, 2.05) is 0 Å². The summed E-state index contributed by atoms with van der Waals surface area (Å²) in [7, 11) is 4.34. The molecule has 0 saturated heterocycles. The van der Waals surface area contributed by atoms with Gasteiger partial charge in [0.25, 0.3) is 0 Å². The van der Waals surface area contributed by atoms with Crippen LogP contribution in [0.4, 0.5) is 0 Å².